The molecular formula is C15H13Cl2N3O2. The van der Waals surface area contributed by atoms with Gasteiger partial charge in [-0.05, 0) is 12.5 Å². The number of aryl methyl sites for hydroxylation is 1. The number of aromatic amines is 1. The summed E-state index contributed by atoms with van der Waals surface area (Å²) in [6.45, 7) is 3.69. The summed E-state index contributed by atoms with van der Waals surface area (Å²) < 4.78 is 6.49. The van der Waals surface area contributed by atoms with Crippen LogP contribution in [0.5, 0.6) is 5.75 Å². The second-order valence-corrected chi connectivity index (χ2v) is 5.16. The third-order valence-corrected chi connectivity index (χ3v) is 3.39. The Bertz CT molecular complexity index is 787. The highest BCUT2D eigenvalue weighted by Crippen LogP contribution is 2.32. The lowest BCUT2D eigenvalue weighted by Gasteiger charge is -2.09. The molecule has 0 saturated heterocycles. The number of aromatic nitrogens is 3. The fourth-order valence-corrected chi connectivity index (χ4v) is 2.31. The first-order valence-electron chi connectivity index (χ1n) is 6.41. The highest BCUT2D eigenvalue weighted by Gasteiger charge is 2.14. The zero-order valence-electron chi connectivity index (χ0n) is 11.6. The molecule has 5 nitrogen and oxygen atoms in total. The molecule has 0 spiro atoms. The van der Waals surface area contributed by atoms with Crippen LogP contribution in [0.25, 0.3) is 5.69 Å². The number of allylic oxidation sites excluding steroid dienone is 1. The van der Waals surface area contributed by atoms with E-state index < -0.39 is 5.69 Å². The van der Waals surface area contributed by atoms with Crippen LogP contribution >= 0.6 is 23.2 Å². The Morgan fingerprint density at radius 3 is 2.91 bits per heavy atom. The summed E-state index contributed by atoms with van der Waals surface area (Å²) in [5.74, 6) is 3.22. The van der Waals surface area contributed by atoms with Gasteiger partial charge in [0, 0.05) is 12.5 Å². The summed E-state index contributed by atoms with van der Waals surface area (Å²) in [4.78, 5) is 14.7. The SMILES string of the molecule is C#CCOc1cc(-n2nc(CCC=C)[nH]c2=O)c(Cl)cc1Cl. The number of rotatable bonds is 6. The largest absolute Gasteiger partial charge is 0.479 e. The van der Waals surface area contributed by atoms with E-state index in [1.807, 2.05) is 0 Å². The molecule has 1 aromatic carbocycles. The molecule has 114 valence electrons. The van der Waals surface area contributed by atoms with Crippen molar-refractivity contribution in [1.29, 1.82) is 0 Å². The Morgan fingerprint density at radius 1 is 1.45 bits per heavy atom. The Balaban J connectivity index is 2.43. The number of hydrogen-bond donors (Lipinski definition) is 1. The van der Waals surface area contributed by atoms with Crippen molar-refractivity contribution in [2.24, 2.45) is 0 Å². The Hall–Kier alpha value is -2.16. The van der Waals surface area contributed by atoms with Crippen LogP contribution in [-0.4, -0.2) is 21.4 Å². The van der Waals surface area contributed by atoms with E-state index in [-0.39, 0.29) is 11.6 Å². The zero-order valence-corrected chi connectivity index (χ0v) is 13.1. The summed E-state index contributed by atoms with van der Waals surface area (Å²) >= 11 is 12.2. The maximum absolute atomic E-state index is 12.0. The first-order valence-corrected chi connectivity index (χ1v) is 7.17. The van der Waals surface area contributed by atoms with E-state index in [9.17, 15) is 4.79 Å². The molecule has 0 unspecified atom stereocenters. The van der Waals surface area contributed by atoms with E-state index in [1.165, 1.54) is 16.8 Å². The van der Waals surface area contributed by atoms with Crippen molar-refractivity contribution in [3.63, 3.8) is 0 Å². The van der Waals surface area contributed by atoms with Crippen LogP contribution in [0.4, 0.5) is 0 Å². The number of nitrogens with zero attached hydrogens (tertiary/aromatic N) is 2. The van der Waals surface area contributed by atoms with Crippen molar-refractivity contribution in [2.45, 2.75) is 12.8 Å². The van der Waals surface area contributed by atoms with Crippen LogP contribution in [0.15, 0.2) is 29.6 Å². The van der Waals surface area contributed by atoms with Gasteiger partial charge in [-0.15, -0.1) is 13.0 Å². The summed E-state index contributed by atoms with van der Waals surface area (Å²) in [6.07, 6.45) is 8.19. The van der Waals surface area contributed by atoms with Gasteiger partial charge >= 0.3 is 5.69 Å². The molecule has 0 aliphatic carbocycles. The van der Waals surface area contributed by atoms with E-state index in [1.54, 1.807) is 6.08 Å². The first-order chi connectivity index (χ1) is 10.6. The fourth-order valence-electron chi connectivity index (χ4n) is 1.79. The lowest BCUT2D eigenvalue weighted by atomic mass is 10.3. The number of hydrogen-bond acceptors (Lipinski definition) is 3. The number of ether oxygens (including phenoxy) is 1. The summed E-state index contributed by atoms with van der Waals surface area (Å²) in [7, 11) is 0. The molecular weight excluding hydrogens is 325 g/mol. The molecule has 2 aromatic rings. The predicted molar refractivity (Wildman–Crippen MR) is 87.1 cm³/mol. The molecule has 2 rings (SSSR count). The topological polar surface area (TPSA) is 59.9 Å². The number of terminal acetylenes is 1. The van der Waals surface area contributed by atoms with Crippen molar-refractivity contribution in [2.75, 3.05) is 6.61 Å². The quantitative estimate of drug-likeness (QED) is 0.651. The van der Waals surface area contributed by atoms with E-state index >= 15 is 0 Å². The Morgan fingerprint density at radius 2 is 2.23 bits per heavy atom. The molecule has 0 aliphatic heterocycles. The van der Waals surface area contributed by atoms with Crippen molar-refractivity contribution in [3.05, 3.63) is 51.1 Å². The van der Waals surface area contributed by atoms with Gasteiger partial charge in [-0.25, -0.2) is 4.79 Å². The Kier molecular flexibility index (Phi) is 5.31. The first kappa shape index (κ1) is 16.2. The van der Waals surface area contributed by atoms with Gasteiger partial charge < -0.3 is 4.74 Å². The minimum atomic E-state index is -0.397. The minimum absolute atomic E-state index is 0.0564. The number of halogens is 2. The van der Waals surface area contributed by atoms with E-state index in [0.717, 1.165) is 0 Å². The molecule has 0 saturated carbocycles. The molecule has 0 fully saturated rings. The van der Waals surface area contributed by atoms with Crippen LogP contribution in [0, 0.1) is 12.3 Å². The normalized spacial score (nSPS) is 10.2. The standard InChI is InChI=1S/C15H13Cl2N3O2/c1-3-5-6-14-18-15(21)20(19-14)12-9-13(22-7-4-2)11(17)8-10(12)16/h2-3,8-9H,1,5-7H2,(H,18,19,21). The van der Waals surface area contributed by atoms with Crippen molar-refractivity contribution in [1.82, 2.24) is 14.8 Å². The maximum Gasteiger partial charge on any atom is 0.348 e. The van der Waals surface area contributed by atoms with Crippen molar-refractivity contribution in [3.8, 4) is 23.8 Å². The highest BCUT2D eigenvalue weighted by molar-refractivity contribution is 6.36. The van der Waals surface area contributed by atoms with E-state index in [4.69, 9.17) is 34.4 Å². The van der Waals surface area contributed by atoms with Gasteiger partial charge in [0.1, 0.15) is 18.2 Å². The predicted octanol–water partition coefficient (Wildman–Crippen LogP) is 3.00. The molecule has 1 aromatic heterocycles. The van der Waals surface area contributed by atoms with Crippen LogP contribution < -0.4 is 10.4 Å². The molecule has 0 radical (unpaired) electrons. The summed E-state index contributed by atoms with van der Waals surface area (Å²) in [5, 5.41) is 4.79. The van der Waals surface area contributed by atoms with Gasteiger partial charge in [0.25, 0.3) is 0 Å². The molecule has 1 heterocycles. The van der Waals surface area contributed by atoms with Gasteiger partial charge in [-0.2, -0.15) is 9.78 Å². The number of benzene rings is 1. The molecule has 7 heteroatoms. The molecule has 0 atom stereocenters. The van der Waals surface area contributed by atoms with Crippen LogP contribution in [0.3, 0.4) is 0 Å². The molecule has 1 N–H and O–H groups in total. The third kappa shape index (κ3) is 3.53. The van der Waals surface area contributed by atoms with Gasteiger partial charge in [-0.1, -0.05) is 35.2 Å². The second kappa shape index (κ2) is 7.21. The smallest absolute Gasteiger partial charge is 0.348 e. The minimum Gasteiger partial charge on any atom is -0.479 e. The lowest BCUT2D eigenvalue weighted by molar-refractivity contribution is 0.370. The number of H-pyrrole nitrogens is 1. The molecule has 0 aliphatic rings. The van der Waals surface area contributed by atoms with Crippen molar-refractivity contribution < 1.29 is 4.74 Å². The number of nitrogens with one attached hydrogen (secondary N) is 1. The molecule has 0 amide bonds. The van der Waals surface area contributed by atoms with E-state index in [2.05, 4.69) is 22.6 Å². The monoisotopic (exact) mass is 337 g/mol. The van der Waals surface area contributed by atoms with Crippen LogP contribution in [0.2, 0.25) is 10.0 Å². The average molecular weight is 338 g/mol. The van der Waals surface area contributed by atoms with Crippen molar-refractivity contribution >= 4 is 23.2 Å². The van der Waals surface area contributed by atoms with Gasteiger partial charge in [0.2, 0.25) is 0 Å². The Labute approximate surface area is 137 Å². The summed E-state index contributed by atoms with van der Waals surface area (Å²) in [6, 6.07) is 3.01. The third-order valence-electron chi connectivity index (χ3n) is 2.79. The highest BCUT2D eigenvalue weighted by atomic mass is 35.5. The zero-order chi connectivity index (χ0) is 16.1. The van der Waals surface area contributed by atoms with Crippen LogP contribution in [0.1, 0.15) is 12.2 Å². The van der Waals surface area contributed by atoms with Gasteiger partial charge in [-0.3, -0.25) is 4.98 Å². The molecule has 0 bridgehead atoms. The van der Waals surface area contributed by atoms with Crippen LogP contribution in [-0.2, 0) is 6.42 Å². The maximum atomic E-state index is 12.0. The van der Waals surface area contributed by atoms with E-state index in [0.29, 0.717) is 35.1 Å². The van der Waals surface area contributed by atoms with Gasteiger partial charge in [0.05, 0.1) is 15.7 Å². The fraction of sp³-hybridized carbons (Fsp3) is 0.200. The summed E-state index contributed by atoms with van der Waals surface area (Å²) in [5.41, 5.74) is -0.0321. The average Bonchev–Trinajstić information content (AvgIpc) is 2.85. The van der Waals surface area contributed by atoms with Gasteiger partial charge in [0.15, 0.2) is 0 Å². The molecule has 22 heavy (non-hydrogen) atoms. The second-order valence-electron chi connectivity index (χ2n) is 4.34. The lowest BCUT2D eigenvalue weighted by Crippen LogP contribution is -2.16.